The average Bonchev–Trinajstić information content (AvgIpc) is 2.94. The molecule has 2 atom stereocenters. The third kappa shape index (κ3) is 6.35. The highest BCUT2D eigenvalue weighted by Crippen LogP contribution is 2.23. The zero-order valence-electron chi connectivity index (χ0n) is 13.6. The largest absolute Gasteiger partial charge is 0.445 e. The van der Waals surface area contributed by atoms with Gasteiger partial charge in [0.05, 0.1) is 17.6 Å². The molecule has 0 unspecified atom stereocenters. The number of nitrogens with two attached hydrogens (primary N) is 1. The number of carbonyl (C=O) groups is 1. The second kappa shape index (κ2) is 10.4. The number of hydrogen-bond acceptors (Lipinski definition) is 7. The van der Waals surface area contributed by atoms with E-state index in [4.69, 9.17) is 10.5 Å². The van der Waals surface area contributed by atoms with E-state index in [-0.39, 0.29) is 37.3 Å². The Morgan fingerprint density at radius 3 is 2.72 bits per heavy atom. The van der Waals surface area contributed by atoms with Gasteiger partial charge < -0.3 is 20.5 Å². The van der Waals surface area contributed by atoms with Crippen LogP contribution in [-0.2, 0) is 11.3 Å². The Morgan fingerprint density at radius 1 is 1.44 bits per heavy atom. The van der Waals surface area contributed by atoms with E-state index in [1.54, 1.807) is 28.8 Å². The molecular weight excluding hydrogens is 370 g/mol. The lowest BCUT2D eigenvalue weighted by molar-refractivity contribution is -0.384. The number of halogens is 1. The van der Waals surface area contributed by atoms with Crippen molar-refractivity contribution in [3.8, 4) is 0 Å². The lowest BCUT2D eigenvalue weighted by Gasteiger charge is -2.23. The maximum atomic E-state index is 12.2. The summed E-state index contributed by atoms with van der Waals surface area (Å²) in [4.78, 5) is 23.9. The van der Waals surface area contributed by atoms with E-state index in [1.165, 1.54) is 12.1 Å². The summed E-state index contributed by atoms with van der Waals surface area (Å²) >= 11 is 1.64. The van der Waals surface area contributed by atoms with Crippen LogP contribution < -0.4 is 5.73 Å². The first kappa shape index (κ1) is 21.5. The van der Waals surface area contributed by atoms with Gasteiger partial charge in [-0.1, -0.05) is 0 Å². The highest BCUT2D eigenvalue weighted by molar-refractivity contribution is 7.99. The number of amides is 1. The van der Waals surface area contributed by atoms with Crippen LogP contribution in [0.4, 0.5) is 10.5 Å². The molecule has 1 aliphatic rings. The number of nitro groups is 1. The van der Waals surface area contributed by atoms with Gasteiger partial charge in [-0.3, -0.25) is 10.1 Å². The van der Waals surface area contributed by atoms with Gasteiger partial charge in [-0.25, -0.2) is 4.79 Å². The number of carbonyl (C=O) groups excluding carboxylic acids is 1. The number of rotatable bonds is 7. The van der Waals surface area contributed by atoms with Crippen molar-refractivity contribution in [1.29, 1.82) is 0 Å². The second-order valence-corrected chi connectivity index (χ2v) is 6.69. The highest BCUT2D eigenvalue weighted by atomic mass is 35.5. The maximum Gasteiger partial charge on any atom is 0.410 e. The summed E-state index contributed by atoms with van der Waals surface area (Å²) in [5.74, 6) is 1.51. The normalized spacial score (nSPS) is 19.4. The Kier molecular flexibility index (Phi) is 8.98. The Morgan fingerprint density at radius 2 is 2.12 bits per heavy atom. The summed E-state index contributed by atoms with van der Waals surface area (Å²) in [5.41, 5.74) is 6.12. The number of thioether (sulfide) groups is 1. The van der Waals surface area contributed by atoms with E-state index in [9.17, 15) is 20.0 Å². The molecule has 0 bridgehead atoms. The molecule has 2 rings (SSSR count). The molecule has 1 fully saturated rings. The van der Waals surface area contributed by atoms with Gasteiger partial charge in [-0.2, -0.15) is 11.8 Å². The summed E-state index contributed by atoms with van der Waals surface area (Å²) in [6.45, 7) is 0.865. The molecule has 0 aliphatic carbocycles. The minimum atomic E-state index is -0.541. The smallest absolute Gasteiger partial charge is 0.410 e. The van der Waals surface area contributed by atoms with E-state index in [0.29, 0.717) is 24.3 Å². The predicted molar refractivity (Wildman–Crippen MR) is 98.0 cm³/mol. The highest BCUT2D eigenvalue weighted by Gasteiger charge is 2.35. The Balaban J connectivity index is 0.00000312. The third-order valence-corrected chi connectivity index (χ3v) is 4.85. The van der Waals surface area contributed by atoms with Crippen molar-refractivity contribution in [2.45, 2.75) is 25.2 Å². The number of benzene rings is 1. The lowest BCUT2D eigenvalue weighted by Crippen LogP contribution is -2.37. The van der Waals surface area contributed by atoms with Crippen LogP contribution in [0.5, 0.6) is 0 Å². The topological polar surface area (TPSA) is 119 Å². The van der Waals surface area contributed by atoms with E-state index >= 15 is 0 Å². The first-order chi connectivity index (χ1) is 11.5. The average molecular weight is 392 g/mol. The van der Waals surface area contributed by atoms with Crippen molar-refractivity contribution in [3.63, 3.8) is 0 Å². The van der Waals surface area contributed by atoms with Crippen molar-refractivity contribution in [1.82, 2.24) is 4.90 Å². The van der Waals surface area contributed by atoms with Gasteiger partial charge in [-0.05, 0) is 24.1 Å². The number of β-amino-alcohol motifs (C(OH)–C–C–N with tert-alkyl or cyclic N) is 1. The molecule has 140 valence electrons. The molecular formula is C15H22ClN3O5S. The SMILES string of the molecule is Cl.NCCSC[C@@H]1C[C@@H](O)CN1C(=O)OCc1ccc([N+](=O)[O-])cc1. The lowest BCUT2D eigenvalue weighted by atomic mass is 10.2. The van der Waals surface area contributed by atoms with Crippen molar-refractivity contribution in [3.05, 3.63) is 39.9 Å². The molecule has 0 radical (unpaired) electrons. The fraction of sp³-hybridized carbons (Fsp3) is 0.533. The van der Waals surface area contributed by atoms with Gasteiger partial charge >= 0.3 is 6.09 Å². The number of ether oxygens (including phenoxy) is 1. The molecule has 1 aromatic carbocycles. The number of nitro benzene ring substituents is 1. The summed E-state index contributed by atoms with van der Waals surface area (Å²) < 4.78 is 5.27. The molecule has 1 saturated heterocycles. The van der Waals surface area contributed by atoms with Crippen molar-refractivity contribution < 1.29 is 19.6 Å². The van der Waals surface area contributed by atoms with E-state index in [2.05, 4.69) is 0 Å². The van der Waals surface area contributed by atoms with Crippen LogP contribution in [0.3, 0.4) is 0 Å². The van der Waals surface area contributed by atoms with Crippen LogP contribution in [0.2, 0.25) is 0 Å². The minimum Gasteiger partial charge on any atom is -0.445 e. The zero-order chi connectivity index (χ0) is 17.5. The predicted octanol–water partition coefficient (Wildman–Crippen LogP) is 1.78. The van der Waals surface area contributed by atoms with E-state index in [1.807, 2.05) is 0 Å². The zero-order valence-corrected chi connectivity index (χ0v) is 15.2. The Labute approximate surface area is 156 Å². The van der Waals surface area contributed by atoms with Gasteiger partial charge in [0, 0.05) is 36.2 Å². The van der Waals surface area contributed by atoms with Gasteiger partial charge in [0.2, 0.25) is 0 Å². The molecule has 3 N–H and O–H groups in total. The molecule has 1 aromatic rings. The van der Waals surface area contributed by atoms with Crippen LogP contribution in [0.15, 0.2) is 24.3 Å². The molecule has 1 heterocycles. The van der Waals surface area contributed by atoms with Crippen molar-refractivity contribution >= 4 is 35.9 Å². The number of aliphatic hydroxyl groups excluding tert-OH is 1. The van der Waals surface area contributed by atoms with Crippen molar-refractivity contribution in [2.24, 2.45) is 5.73 Å². The van der Waals surface area contributed by atoms with Crippen LogP contribution in [0.1, 0.15) is 12.0 Å². The van der Waals surface area contributed by atoms with Crippen LogP contribution in [0, 0.1) is 10.1 Å². The number of aliphatic hydroxyl groups is 1. The second-order valence-electron chi connectivity index (χ2n) is 5.54. The fourth-order valence-corrected chi connectivity index (χ4v) is 3.44. The standard InChI is InChI=1S/C15H21N3O5S.ClH/c16-5-6-24-10-13-7-14(19)8-17(13)15(20)23-9-11-1-3-12(4-2-11)18(21)22;/h1-4,13-14,19H,5-10,16H2;1H/t13-,14+;/m0./s1. The first-order valence-corrected chi connectivity index (χ1v) is 8.79. The van der Waals surface area contributed by atoms with Gasteiger partial charge in [0.25, 0.3) is 5.69 Å². The Hall–Kier alpha value is -1.55. The molecule has 1 aliphatic heterocycles. The minimum absolute atomic E-state index is 0. The summed E-state index contributed by atoms with van der Waals surface area (Å²) in [6.07, 6.45) is -0.492. The number of nitrogens with zero attached hydrogens (tertiary/aromatic N) is 2. The summed E-state index contributed by atoms with van der Waals surface area (Å²) in [6, 6.07) is 5.78. The van der Waals surface area contributed by atoms with E-state index in [0.717, 1.165) is 5.75 Å². The molecule has 0 saturated carbocycles. The van der Waals surface area contributed by atoms with E-state index < -0.39 is 17.1 Å². The number of hydrogen-bond donors (Lipinski definition) is 2. The first-order valence-electron chi connectivity index (χ1n) is 7.64. The summed E-state index contributed by atoms with van der Waals surface area (Å²) in [5, 5.41) is 20.4. The monoisotopic (exact) mass is 391 g/mol. The van der Waals surface area contributed by atoms with Gasteiger partial charge in [-0.15, -0.1) is 12.4 Å². The molecule has 0 aromatic heterocycles. The van der Waals surface area contributed by atoms with Crippen LogP contribution in [0.25, 0.3) is 0 Å². The third-order valence-electron chi connectivity index (χ3n) is 3.71. The van der Waals surface area contributed by atoms with Crippen LogP contribution in [-0.4, -0.2) is 57.8 Å². The molecule has 0 spiro atoms. The number of non-ortho nitro benzene ring substituents is 1. The quantitative estimate of drug-likeness (QED) is 0.413. The molecule has 1 amide bonds. The number of likely N-dealkylation sites (tertiary alicyclic amines) is 1. The molecule has 25 heavy (non-hydrogen) atoms. The molecule has 8 nitrogen and oxygen atoms in total. The van der Waals surface area contributed by atoms with Crippen LogP contribution >= 0.6 is 24.2 Å². The van der Waals surface area contributed by atoms with Gasteiger partial charge in [0.15, 0.2) is 0 Å². The molecule has 10 heteroatoms. The van der Waals surface area contributed by atoms with Gasteiger partial charge in [0.1, 0.15) is 6.61 Å². The van der Waals surface area contributed by atoms with Crippen molar-refractivity contribution in [2.75, 3.05) is 24.6 Å². The summed E-state index contributed by atoms with van der Waals surface area (Å²) in [7, 11) is 0. The fourth-order valence-electron chi connectivity index (χ4n) is 2.52. The Bertz CT molecular complexity index is 575. The maximum absolute atomic E-state index is 12.2.